The minimum absolute atomic E-state index is 0.231. The van der Waals surface area contributed by atoms with E-state index in [4.69, 9.17) is 16.3 Å². The maximum atomic E-state index is 14.1. The number of halogens is 2. The highest BCUT2D eigenvalue weighted by Crippen LogP contribution is 2.33. The predicted molar refractivity (Wildman–Crippen MR) is 80.8 cm³/mol. The topological polar surface area (TPSA) is 21.3 Å². The highest BCUT2D eigenvalue weighted by molar-refractivity contribution is 6.31. The third-order valence-electron chi connectivity index (χ3n) is 3.09. The molecular formula is C16H17ClFNO. The van der Waals surface area contributed by atoms with E-state index in [1.54, 1.807) is 31.4 Å². The van der Waals surface area contributed by atoms with Gasteiger partial charge in [-0.05, 0) is 36.4 Å². The van der Waals surface area contributed by atoms with Crippen molar-refractivity contribution in [2.75, 3.05) is 13.7 Å². The van der Waals surface area contributed by atoms with Crippen LogP contribution < -0.4 is 10.1 Å². The van der Waals surface area contributed by atoms with E-state index in [0.29, 0.717) is 22.9 Å². The zero-order valence-corrected chi connectivity index (χ0v) is 12.3. The number of hydrogen-bond donors (Lipinski definition) is 1. The van der Waals surface area contributed by atoms with Crippen molar-refractivity contribution >= 4 is 11.6 Å². The average Bonchev–Trinajstić information content (AvgIpc) is 2.46. The molecule has 20 heavy (non-hydrogen) atoms. The second-order valence-electron chi connectivity index (χ2n) is 4.43. The van der Waals surface area contributed by atoms with Crippen molar-refractivity contribution in [3.63, 3.8) is 0 Å². The number of hydrogen-bond acceptors (Lipinski definition) is 2. The Kier molecular flexibility index (Phi) is 4.99. The Bertz CT molecular complexity index is 601. The van der Waals surface area contributed by atoms with Gasteiger partial charge in [0.2, 0.25) is 0 Å². The van der Waals surface area contributed by atoms with Gasteiger partial charge in [-0.15, -0.1) is 0 Å². The molecule has 2 aromatic rings. The maximum Gasteiger partial charge on any atom is 0.128 e. The summed E-state index contributed by atoms with van der Waals surface area (Å²) in [4.78, 5) is 0. The van der Waals surface area contributed by atoms with Crippen LogP contribution in [-0.2, 0) is 6.54 Å². The van der Waals surface area contributed by atoms with Gasteiger partial charge in [0.15, 0.2) is 0 Å². The van der Waals surface area contributed by atoms with Crippen LogP contribution in [-0.4, -0.2) is 13.7 Å². The van der Waals surface area contributed by atoms with Crippen LogP contribution in [0, 0.1) is 5.82 Å². The molecule has 4 heteroatoms. The molecule has 1 N–H and O–H groups in total. The third kappa shape index (κ3) is 3.30. The molecule has 0 aliphatic rings. The van der Waals surface area contributed by atoms with Gasteiger partial charge in [-0.1, -0.05) is 30.7 Å². The molecule has 2 nitrogen and oxygen atoms in total. The molecule has 0 radical (unpaired) electrons. The fourth-order valence-corrected chi connectivity index (χ4v) is 2.20. The minimum Gasteiger partial charge on any atom is -0.496 e. The van der Waals surface area contributed by atoms with E-state index >= 15 is 0 Å². The Labute approximate surface area is 123 Å². The van der Waals surface area contributed by atoms with Crippen LogP contribution in [0.5, 0.6) is 5.75 Å². The molecule has 0 atom stereocenters. The number of methoxy groups -OCH3 is 1. The van der Waals surface area contributed by atoms with Gasteiger partial charge in [0.05, 0.1) is 7.11 Å². The van der Waals surface area contributed by atoms with Crippen LogP contribution in [0.4, 0.5) is 4.39 Å². The van der Waals surface area contributed by atoms with Gasteiger partial charge in [-0.2, -0.15) is 0 Å². The molecule has 0 saturated heterocycles. The van der Waals surface area contributed by atoms with Gasteiger partial charge in [0.25, 0.3) is 0 Å². The van der Waals surface area contributed by atoms with Crippen LogP contribution in [0.15, 0.2) is 36.4 Å². The summed E-state index contributed by atoms with van der Waals surface area (Å²) < 4.78 is 19.4. The first-order chi connectivity index (χ1) is 9.65. The van der Waals surface area contributed by atoms with Crippen molar-refractivity contribution < 1.29 is 9.13 Å². The van der Waals surface area contributed by atoms with Gasteiger partial charge in [-0.25, -0.2) is 4.39 Å². The number of benzene rings is 2. The lowest BCUT2D eigenvalue weighted by atomic mass is 10.0. The molecule has 2 aromatic carbocycles. The smallest absolute Gasteiger partial charge is 0.128 e. The first-order valence-corrected chi connectivity index (χ1v) is 6.86. The lowest BCUT2D eigenvalue weighted by Gasteiger charge is -2.11. The molecule has 0 aromatic heterocycles. The molecule has 0 unspecified atom stereocenters. The SMILES string of the molecule is CCNCc1ccc(-c2cc(Cl)ccc2OC)cc1F. The van der Waals surface area contributed by atoms with Crippen molar-refractivity contribution in [3.8, 4) is 16.9 Å². The summed E-state index contributed by atoms with van der Waals surface area (Å²) in [6, 6.07) is 10.5. The molecule has 2 rings (SSSR count). The molecule has 0 amide bonds. The standard InChI is InChI=1S/C16H17ClFNO/c1-3-19-10-12-5-4-11(8-15(12)18)14-9-13(17)6-7-16(14)20-2/h4-9,19H,3,10H2,1-2H3. The molecule has 0 spiro atoms. The maximum absolute atomic E-state index is 14.1. The Morgan fingerprint density at radius 3 is 2.65 bits per heavy atom. The van der Waals surface area contributed by atoms with Crippen LogP contribution in [0.3, 0.4) is 0 Å². The zero-order chi connectivity index (χ0) is 14.5. The van der Waals surface area contributed by atoms with E-state index in [9.17, 15) is 4.39 Å². The van der Waals surface area contributed by atoms with Crippen molar-refractivity contribution in [3.05, 3.63) is 52.8 Å². The molecule has 0 aliphatic heterocycles. The normalized spacial score (nSPS) is 10.6. The summed E-state index contributed by atoms with van der Waals surface area (Å²) in [6.45, 7) is 3.32. The summed E-state index contributed by atoms with van der Waals surface area (Å²) in [5.41, 5.74) is 2.19. The second-order valence-corrected chi connectivity index (χ2v) is 4.87. The van der Waals surface area contributed by atoms with E-state index in [1.807, 2.05) is 13.0 Å². The molecule has 0 fully saturated rings. The Morgan fingerprint density at radius 2 is 2.00 bits per heavy atom. The van der Waals surface area contributed by atoms with Crippen LogP contribution in [0.25, 0.3) is 11.1 Å². The van der Waals surface area contributed by atoms with Crippen molar-refractivity contribution in [2.45, 2.75) is 13.5 Å². The molecule has 0 bridgehead atoms. The Balaban J connectivity index is 2.38. The van der Waals surface area contributed by atoms with E-state index in [-0.39, 0.29) is 5.82 Å². The molecule has 106 valence electrons. The Morgan fingerprint density at radius 1 is 1.20 bits per heavy atom. The second kappa shape index (κ2) is 6.73. The monoisotopic (exact) mass is 293 g/mol. The molecule has 0 saturated carbocycles. The van der Waals surface area contributed by atoms with Gasteiger partial charge < -0.3 is 10.1 Å². The lowest BCUT2D eigenvalue weighted by Crippen LogP contribution is -2.12. The molecule has 0 heterocycles. The van der Waals surface area contributed by atoms with Crippen LogP contribution >= 0.6 is 11.6 Å². The average molecular weight is 294 g/mol. The highest BCUT2D eigenvalue weighted by atomic mass is 35.5. The van der Waals surface area contributed by atoms with E-state index < -0.39 is 0 Å². The third-order valence-corrected chi connectivity index (χ3v) is 3.33. The molecule has 0 aliphatic carbocycles. The first kappa shape index (κ1) is 14.8. The molecular weight excluding hydrogens is 277 g/mol. The fourth-order valence-electron chi connectivity index (χ4n) is 2.02. The van der Waals surface area contributed by atoms with E-state index in [2.05, 4.69) is 5.32 Å². The van der Waals surface area contributed by atoms with Gasteiger partial charge in [-0.3, -0.25) is 0 Å². The summed E-state index contributed by atoms with van der Waals surface area (Å²) in [7, 11) is 1.59. The summed E-state index contributed by atoms with van der Waals surface area (Å²) >= 11 is 6.00. The van der Waals surface area contributed by atoms with Crippen LogP contribution in [0.1, 0.15) is 12.5 Å². The van der Waals surface area contributed by atoms with Gasteiger partial charge in [0.1, 0.15) is 11.6 Å². The van der Waals surface area contributed by atoms with Crippen molar-refractivity contribution in [1.29, 1.82) is 0 Å². The lowest BCUT2D eigenvalue weighted by molar-refractivity contribution is 0.416. The quantitative estimate of drug-likeness (QED) is 0.889. The highest BCUT2D eigenvalue weighted by Gasteiger charge is 2.10. The van der Waals surface area contributed by atoms with Gasteiger partial charge in [0, 0.05) is 22.7 Å². The van der Waals surface area contributed by atoms with E-state index in [1.165, 1.54) is 6.07 Å². The van der Waals surface area contributed by atoms with E-state index in [0.717, 1.165) is 17.7 Å². The van der Waals surface area contributed by atoms with Gasteiger partial charge >= 0.3 is 0 Å². The zero-order valence-electron chi connectivity index (χ0n) is 11.5. The van der Waals surface area contributed by atoms with Crippen molar-refractivity contribution in [1.82, 2.24) is 5.32 Å². The summed E-state index contributed by atoms with van der Waals surface area (Å²) in [5.74, 6) is 0.443. The number of ether oxygens (including phenoxy) is 1. The summed E-state index contributed by atoms with van der Waals surface area (Å²) in [6.07, 6.45) is 0. The number of rotatable bonds is 5. The fraction of sp³-hybridized carbons (Fsp3) is 0.250. The minimum atomic E-state index is -0.231. The van der Waals surface area contributed by atoms with Crippen molar-refractivity contribution in [2.24, 2.45) is 0 Å². The first-order valence-electron chi connectivity index (χ1n) is 6.48. The Hall–Kier alpha value is -1.58. The predicted octanol–water partition coefficient (Wildman–Crippen LogP) is 4.26. The largest absolute Gasteiger partial charge is 0.496 e. The summed E-state index contributed by atoms with van der Waals surface area (Å²) in [5, 5.41) is 3.71. The van der Waals surface area contributed by atoms with Crippen LogP contribution in [0.2, 0.25) is 5.02 Å². The number of nitrogens with one attached hydrogen (secondary N) is 1.